The lowest BCUT2D eigenvalue weighted by Gasteiger charge is -2.22. The second kappa shape index (κ2) is 3.67. The van der Waals surface area contributed by atoms with Crippen LogP contribution in [0.25, 0.3) is 0 Å². The minimum Gasteiger partial charge on any atom is -0.303 e. The summed E-state index contributed by atoms with van der Waals surface area (Å²) in [4.78, 5) is 12.2. The Bertz CT molecular complexity index is 147. The van der Waals surface area contributed by atoms with E-state index < -0.39 is 5.54 Å². The van der Waals surface area contributed by atoms with Crippen LogP contribution in [0.3, 0.4) is 0 Å². The maximum absolute atomic E-state index is 10.6. The van der Waals surface area contributed by atoms with Gasteiger partial charge in [-0.15, -0.1) is 0 Å². The van der Waals surface area contributed by atoms with Gasteiger partial charge < -0.3 is 4.90 Å². The highest BCUT2D eigenvalue weighted by Crippen LogP contribution is 2.13. The molecule has 0 spiro atoms. The molecule has 0 rings (SSSR count). The number of nitrogens with zero attached hydrogens (tertiary/aromatic N) is 2. The van der Waals surface area contributed by atoms with Crippen molar-refractivity contribution >= 4 is 0 Å². The first kappa shape index (κ1) is 10.4. The minimum atomic E-state index is -0.788. The second-order valence-electron chi connectivity index (χ2n) is 3.35. The van der Waals surface area contributed by atoms with Crippen LogP contribution in [0.4, 0.5) is 0 Å². The zero-order valence-electron chi connectivity index (χ0n) is 7.63. The van der Waals surface area contributed by atoms with Crippen LogP contribution in [-0.4, -0.2) is 36.0 Å². The van der Waals surface area contributed by atoms with Crippen LogP contribution in [0.2, 0.25) is 0 Å². The predicted octanol–water partition coefficient (Wildman–Crippen LogP) is 0.993. The fourth-order valence-corrected chi connectivity index (χ4v) is 0.980. The van der Waals surface area contributed by atoms with Gasteiger partial charge in [0.05, 0.1) is 6.54 Å². The van der Waals surface area contributed by atoms with Gasteiger partial charge in [-0.25, -0.2) is 0 Å². The fourth-order valence-electron chi connectivity index (χ4n) is 0.980. The lowest BCUT2D eigenvalue weighted by atomic mass is 10.00. The van der Waals surface area contributed by atoms with E-state index in [1.54, 1.807) is 6.92 Å². The molecule has 0 aliphatic heterocycles. The van der Waals surface area contributed by atoms with Gasteiger partial charge in [-0.2, -0.15) is 0 Å². The third-order valence-corrected chi connectivity index (χ3v) is 1.86. The summed E-state index contributed by atoms with van der Waals surface area (Å²) in [6, 6.07) is 0. The van der Waals surface area contributed by atoms with E-state index in [0.717, 1.165) is 0 Å². The van der Waals surface area contributed by atoms with E-state index >= 15 is 0 Å². The molecule has 0 aliphatic rings. The Balaban J connectivity index is 4.22. The van der Waals surface area contributed by atoms with Crippen LogP contribution in [0.1, 0.15) is 20.3 Å². The minimum absolute atomic E-state index is 0.201. The second-order valence-corrected chi connectivity index (χ2v) is 3.35. The van der Waals surface area contributed by atoms with E-state index in [2.05, 4.69) is 0 Å². The maximum Gasteiger partial charge on any atom is 0.231 e. The van der Waals surface area contributed by atoms with Crippen LogP contribution < -0.4 is 0 Å². The van der Waals surface area contributed by atoms with E-state index in [-0.39, 0.29) is 4.92 Å². The molecule has 0 bridgehead atoms. The lowest BCUT2D eigenvalue weighted by molar-refractivity contribution is -0.566. The molecular formula is C7H16N2O2. The molecule has 0 radical (unpaired) electrons. The zero-order chi connectivity index (χ0) is 9.07. The van der Waals surface area contributed by atoms with Crippen molar-refractivity contribution in [2.75, 3.05) is 20.6 Å². The monoisotopic (exact) mass is 160 g/mol. The molecule has 0 amide bonds. The molecule has 0 N–H and O–H groups in total. The van der Waals surface area contributed by atoms with Gasteiger partial charge in [-0.05, 0) is 14.1 Å². The van der Waals surface area contributed by atoms with Gasteiger partial charge in [0.25, 0.3) is 0 Å². The van der Waals surface area contributed by atoms with Crippen molar-refractivity contribution < 1.29 is 4.92 Å². The summed E-state index contributed by atoms with van der Waals surface area (Å²) in [5.74, 6) is 0. The molecule has 0 saturated carbocycles. The van der Waals surface area contributed by atoms with E-state index in [1.807, 2.05) is 25.9 Å². The topological polar surface area (TPSA) is 46.4 Å². The molecule has 0 aliphatic carbocycles. The van der Waals surface area contributed by atoms with Gasteiger partial charge >= 0.3 is 0 Å². The Hall–Kier alpha value is -0.640. The molecule has 4 nitrogen and oxygen atoms in total. The van der Waals surface area contributed by atoms with Crippen LogP contribution in [-0.2, 0) is 0 Å². The number of nitro groups is 1. The molecule has 4 heteroatoms. The molecule has 0 heterocycles. The Morgan fingerprint density at radius 2 is 2.00 bits per heavy atom. The van der Waals surface area contributed by atoms with E-state index in [4.69, 9.17) is 0 Å². The molecule has 66 valence electrons. The molecule has 0 aromatic rings. The van der Waals surface area contributed by atoms with Crippen LogP contribution in [0, 0.1) is 10.1 Å². The number of likely N-dealkylation sites (N-methyl/N-ethyl adjacent to an activating group) is 1. The summed E-state index contributed by atoms with van der Waals surface area (Å²) < 4.78 is 0. The van der Waals surface area contributed by atoms with Crippen LogP contribution in [0.5, 0.6) is 0 Å². The summed E-state index contributed by atoms with van der Waals surface area (Å²) in [6.07, 6.45) is 0.568. The molecule has 0 saturated heterocycles. The van der Waals surface area contributed by atoms with E-state index in [0.29, 0.717) is 13.0 Å². The normalized spacial score (nSPS) is 16.5. The van der Waals surface area contributed by atoms with Gasteiger partial charge in [0.1, 0.15) is 0 Å². The summed E-state index contributed by atoms with van der Waals surface area (Å²) in [7, 11) is 3.69. The van der Waals surface area contributed by atoms with Gasteiger partial charge in [0.2, 0.25) is 5.54 Å². The Morgan fingerprint density at radius 3 is 2.09 bits per heavy atom. The van der Waals surface area contributed by atoms with Crippen molar-refractivity contribution in [3.63, 3.8) is 0 Å². The quantitative estimate of drug-likeness (QED) is 0.455. The summed E-state index contributed by atoms with van der Waals surface area (Å²) >= 11 is 0. The van der Waals surface area contributed by atoms with Gasteiger partial charge in [-0.3, -0.25) is 10.1 Å². The van der Waals surface area contributed by atoms with Gasteiger partial charge in [0, 0.05) is 18.3 Å². The van der Waals surface area contributed by atoms with Gasteiger partial charge in [0.15, 0.2) is 0 Å². The average Bonchev–Trinajstić information content (AvgIpc) is 1.86. The van der Waals surface area contributed by atoms with E-state index in [9.17, 15) is 10.1 Å². The third kappa shape index (κ3) is 2.84. The zero-order valence-corrected chi connectivity index (χ0v) is 7.63. The van der Waals surface area contributed by atoms with Crippen molar-refractivity contribution in [3.8, 4) is 0 Å². The molecule has 0 aromatic heterocycles. The Morgan fingerprint density at radius 1 is 1.55 bits per heavy atom. The maximum atomic E-state index is 10.6. The number of hydrogen-bond acceptors (Lipinski definition) is 3. The summed E-state index contributed by atoms with van der Waals surface area (Å²) in [6.45, 7) is 4.01. The summed E-state index contributed by atoms with van der Waals surface area (Å²) in [5, 5.41) is 10.6. The first-order valence-corrected chi connectivity index (χ1v) is 3.71. The average molecular weight is 160 g/mol. The third-order valence-electron chi connectivity index (χ3n) is 1.86. The molecule has 1 unspecified atom stereocenters. The molecule has 1 atom stereocenters. The predicted molar refractivity (Wildman–Crippen MR) is 44.2 cm³/mol. The smallest absolute Gasteiger partial charge is 0.231 e. The first-order chi connectivity index (χ1) is 4.92. The molecule has 11 heavy (non-hydrogen) atoms. The molecular weight excluding hydrogens is 144 g/mol. The first-order valence-electron chi connectivity index (χ1n) is 3.71. The van der Waals surface area contributed by atoms with E-state index in [1.165, 1.54) is 0 Å². The lowest BCUT2D eigenvalue weighted by Crippen LogP contribution is -2.43. The van der Waals surface area contributed by atoms with Crippen LogP contribution in [0.15, 0.2) is 0 Å². The van der Waals surface area contributed by atoms with Crippen molar-refractivity contribution in [3.05, 3.63) is 10.1 Å². The highest BCUT2D eigenvalue weighted by atomic mass is 16.6. The van der Waals surface area contributed by atoms with Crippen molar-refractivity contribution in [1.29, 1.82) is 0 Å². The fraction of sp³-hybridized carbons (Fsp3) is 1.00. The number of hydrogen-bond donors (Lipinski definition) is 0. The van der Waals surface area contributed by atoms with Crippen LogP contribution >= 0.6 is 0 Å². The SMILES string of the molecule is CCC(C)(CN(C)C)[N+](=O)[O-]. The standard InChI is InChI=1S/C7H16N2O2/c1-5-7(2,9(10)11)6-8(3)4/h5-6H2,1-4H3. The summed E-state index contributed by atoms with van der Waals surface area (Å²) in [5.41, 5.74) is -0.788. The van der Waals surface area contributed by atoms with Gasteiger partial charge in [-0.1, -0.05) is 6.92 Å². The Kier molecular flexibility index (Phi) is 3.45. The molecule has 0 fully saturated rings. The number of rotatable bonds is 4. The highest BCUT2D eigenvalue weighted by Gasteiger charge is 2.35. The van der Waals surface area contributed by atoms with Crippen molar-refractivity contribution in [2.24, 2.45) is 0 Å². The molecule has 0 aromatic carbocycles. The largest absolute Gasteiger partial charge is 0.303 e. The van der Waals surface area contributed by atoms with Crippen molar-refractivity contribution in [2.45, 2.75) is 25.8 Å². The highest BCUT2D eigenvalue weighted by molar-refractivity contribution is 4.74. The van der Waals surface area contributed by atoms with Crippen molar-refractivity contribution in [1.82, 2.24) is 4.90 Å². The Labute approximate surface area is 67.3 Å².